The van der Waals surface area contributed by atoms with Crippen LogP contribution in [0.3, 0.4) is 0 Å². The number of nitrogens with one attached hydrogen (secondary N) is 1. The van der Waals surface area contributed by atoms with Crippen molar-refractivity contribution in [2.75, 3.05) is 18.8 Å². The summed E-state index contributed by atoms with van der Waals surface area (Å²) < 4.78 is 2.02. The lowest BCUT2D eigenvalue weighted by atomic mass is 10.0. The van der Waals surface area contributed by atoms with Crippen LogP contribution >= 0.6 is 0 Å². The maximum Gasteiger partial charge on any atom is 0.270 e. The summed E-state index contributed by atoms with van der Waals surface area (Å²) in [5.41, 5.74) is 11.3. The van der Waals surface area contributed by atoms with Gasteiger partial charge >= 0.3 is 0 Å². The first-order chi connectivity index (χ1) is 19.6. The van der Waals surface area contributed by atoms with Crippen LogP contribution in [-0.2, 0) is 6.54 Å². The number of nitrogens with zero attached hydrogens (tertiary/aromatic N) is 7. The van der Waals surface area contributed by atoms with E-state index in [9.17, 15) is 4.79 Å². The van der Waals surface area contributed by atoms with E-state index < -0.39 is 0 Å². The first kappa shape index (κ1) is 25.2. The molecule has 4 aromatic heterocycles. The summed E-state index contributed by atoms with van der Waals surface area (Å²) in [7, 11) is 0. The van der Waals surface area contributed by atoms with Gasteiger partial charge in [-0.3, -0.25) is 19.2 Å². The average molecular weight is 530 g/mol. The predicted molar refractivity (Wildman–Crippen MR) is 151 cm³/mol. The number of pyridine rings is 3. The Morgan fingerprint density at radius 1 is 1.00 bits per heavy atom. The lowest BCUT2D eigenvalue weighted by Gasteiger charge is -2.32. The number of nitriles is 1. The molecule has 0 unspecified atom stereocenters. The Morgan fingerprint density at radius 2 is 1.77 bits per heavy atom. The first-order valence-corrected chi connectivity index (χ1v) is 13.1. The number of aromatic nitrogens is 5. The number of likely N-dealkylation sites (tertiary alicyclic amines) is 1. The van der Waals surface area contributed by atoms with Gasteiger partial charge < -0.3 is 11.1 Å². The molecule has 1 aromatic carbocycles. The van der Waals surface area contributed by atoms with Crippen molar-refractivity contribution >= 4 is 22.9 Å². The predicted octanol–water partition coefficient (Wildman–Crippen LogP) is 3.73. The number of rotatable bonds is 6. The van der Waals surface area contributed by atoms with Crippen LogP contribution in [-0.4, -0.2) is 54.4 Å². The average Bonchev–Trinajstić information content (AvgIpc) is 3.38. The third-order valence-corrected chi connectivity index (χ3v) is 7.14. The van der Waals surface area contributed by atoms with E-state index in [2.05, 4.69) is 49.4 Å². The lowest BCUT2D eigenvalue weighted by Crippen LogP contribution is -2.44. The Kier molecular flexibility index (Phi) is 6.87. The number of nitrogens with two attached hydrogens (primary N) is 1. The SMILES string of the molecule is N#Cc1ccnc(C(=O)NC2CCN(Cc3ccc(-n4c(-c5cccnc5N)nc5cccnc54)cc3)CC2)c1. The summed E-state index contributed by atoms with van der Waals surface area (Å²) in [5, 5.41) is 12.1. The zero-order chi connectivity index (χ0) is 27.5. The van der Waals surface area contributed by atoms with Gasteiger partial charge in [0.05, 0.1) is 17.2 Å². The van der Waals surface area contributed by atoms with Crippen LogP contribution in [0.4, 0.5) is 5.82 Å². The number of nitrogen functional groups attached to an aromatic ring is 1. The fraction of sp³-hybridized carbons (Fsp3) is 0.200. The van der Waals surface area contributed by atoms with E-state index in [1.165, 1.54) is 17.8 Å². The van der Waals surface area contributed by atoms with Crippen LogP contribution in [0.15, 0.2) is 79.3 Å². The fourth-order valence-electron chi connectivity index (χ4n) is 5.07. The fourth-order valence-corrected chi connectivity index (χ4v) is 5.07. The molecule has 5 aromatic rings. The molecular weight excluding hydrogens is 502 g/mol. The van der Waals surface area contributed by atoms with Crippen LogP contribution in [0, 0.1) is 11.3 Å². The molecule has 1 aliphatic rings. The standard InChI is InChI=1S/C30H27N9O/c31-18-21-9-14-33-26(17-21)30(40)36-22-10-15-38(16-11-22)19-20-5-7-23(8-6-20)39-28(24-3-1-12-34-27(24)32)37-25-4-2-13-35-29(25)39/h1-9,12-14,17,22H,10-11,15-16,19H2,(H2,32,34)(H,36,40). The number of piperidine rings is 1. The van der Waals surface area contributed by atoms with Crippen LogP contribution in [0.1, 0.15) is 34.5 Å². The molecule has 1 saturated heterocycles. The largest absolute Gasteiger partial charge is 0.383 e. The molecule has 3 N–H and O–H groups in total. The van der Waals surface area contributed by atoms with Gasteiger partial charge in [-0.1, -0.05) is 12.1 Å². The molecule has 1 fully saturated rings. The zero-order valence-electron chi connectivity index (χ0n) is 21.7. The third kappa shape index (κ3) is 5.10. The van der Waals surface area contributed by atoms with Gasteiger partial charge in [-0.05, 0) is 66.9 Å². The van der Waals surface area contributed by atoms with E-state index in [1.54, 1.807) is 18.5 Å². The van der Waals surface area contributed by atoms with Crippen molar-refractivity contribution < 1.29 is 4.79 Å². The molecule has 0 bridgehead atoms. The number of hydrogen-bond acceptors (Lipinski definition) is 8. The Hall–Kier alpha value is -5.14. The monoisotopic (exact) mass is 529 g/mol. The minimum Gasteiger partial charge on any atom is -0.383 e. The number of fused-ring (bicyclic) bond motifs is 1. The molecule has 0 saturated carbocycles. The molecule has 0 radical (unpaired) electrons. The van der Waals surface area contributed by atoms with E-state index in [-0.39, 0.29) is 17.6 Å². The normalized spacial score (nSPS) is 14.2. The summed E-state index contributed by atoms with van der Waals surface area (Å²) in [5.74, 6) is 0.882. The molecule has 10 nitrogen and oxygen atoms in total. The number of carbonyl (C=O) groups excluding carboxylic acids is 1. The number of anilines is 1. The Bertz CT molecular complexity index is 1710. The van der Waals surface area contributed by atoms with E-state index in [1.807, 2.05) is 34.9 Å². The molecule has 0 aliphatic carbocycles. The first-order valence-electron chi connectivity index (χ1n) is 13.1. The van der Waals surface area contributed by atoms with Crippen molar-refractivity contribution in [3.63, 3.8) is 0 Å². The van der Waals surface area contributed by atoms with E-state index in [0.29, 0.717) is 17.2 Å². The molecule has 6 rings (SSSR count). The van der Waals surface area contributed by atoms with Crippen molar-refractivity contribution in [3.8, 4) is 23.1 Å². The van der Waals surface area contributed by atoms with Gasteiger partial charge in [0.2, 0.25) is 0 Å². The van der Waals surface area contributed by atoms with Gasteiger partial charge in [0.15, 0.2) is 11.5 Å². The second kappa shape index (κ2) is 10.9. The van der Waals surface area contributed by atoms with Gasteiger partial charge in [0, 0.05) is 50.0 Å². The second-order valence-corrected chi connectivity index (χ2v) is 9.79. The molecule has 1 amide bonds. The highest BCUT2D eigenvalue weighted by atomic mass is 16.1. The van der Waals surface area contributed by atoms with E-state index in [0.717, 1.165) is 54.9 Å². The van der Waals surface area contributed by atoms with Crippen LogP contribution in [0.5, 0.6) is 0 Å². The Balaban J connectivity index is 1.13. The highest BCUT2D eigenvalue weighted by Gasteiger charge is 2.22. The molecule has 1 aliphatic heterocycles. The summed E-state index contributed by atoms with van der Waals surface area (Å²) >= 11 is 0. The number of benzene rings is 1. The number of amides is 1. The smallest absolute Gasteiger partial charge is 0.270 e. The third-order valence-electron chi connectivity index (χ3n) is 7.14. The van der Waals surface area contributed by atoms with Gasteiger partial charge in [-0.25, -0.2) is 15.0 Å². The lowest BCUT2D eigenvalue weighted by molar-refractivity contribution is 0.0904. The number of carbonyl (C=O) groups is 1. The molecule has 198 valence electrons. The highest BCUT2D eigenvalue weighted by molar-refractivity contribution is 5.92. The second-order valence-electron chi connectivity index (χ2n) is 9.79. The Morgan fingerprint density at radius 3 is 2.55 bits per heavy atom. The molecule has 0 spiro atoms. The van der Waals surface area contributed by atoms with Crippen molar-refractivity contribution in [2.45, 2.75) is 25.4 Å². The topological polar surface area (TPSA) is 139 Å². The van der Waals surface area contributed by atoms with Crippen molar-refractivity contribution in [1.82, 2.24) is 34.7 Å². The highest BCUT2D eigenvalue weighted by Crippen LogP contribution is 2.30. The van der Waals surface area contributed by atoms with Gasteiger partial charge in [0.25, 0.3) is 5.91 Å². The van der Waals surface area contributed by atoms with Gasteiger partial charge in [0.1, 0.15) is 17.0 Å². The molecule has 10 heteroatoms. The van der Waals surface area contributed by atoms with Crippen molar-refractivity contribution in [3.05, 3.63) is 96.1 Å². The number of imidazole rings is 1. The van der Waals surface area contributed by atoms with Gasteiger partial charge in [-0.2, -0.15) is 5.26 Å². The van der Waals surface area contributed by atoms with Gasteiger partial charge in [-0.15, -0.1) is 0 Å². The van der Waals surface area contributed by atoms with Crippen molar-refractivity contribution in [2.24, 2.45) is 0 Å². The maximum atomic E-state index is 12.6. The zero-order valence-corrected chi connectivity index (χ0v) is 21.7. The number of hydrogen-bond donors (Lipinski definition) is 2. The van der Waals surface area contributed by atoms with Crippen molar-refractivity contribution in [1.29, 1.82) is 5.26 Å². The van der Waals surface area contributed by atoms with Crippen LogP contribution < -0.4 is 11.1 Å². The molecule has 5 heterocycles. The molecular formula is C30H27N9O. The summed E-state index contributed by atoms with van der Waals surface area (Å²) in [6.45, 7) is 2.57. The Labute approximate surface area is 231 Å². The minimum absolute atomic E-state index is 0.0824. The summed E-state index contributed by atoms with van der Waals surface area (Å²) in [6.07, 6.45) is 6.62. The maximum absolute atomic E-state index is 12.6. The van der Waals surface area contributed by atoms with Crippen LogP contribution in [0.2, 0.25) is 0 Å². The summed E-state index contributed by atoms with van der Waals surface area (Å²) in [6, 6.07) is 21.2. The van der Waals surface area contributed by atoms with Crippen LogP contribution in [0.25, 0.3) is 28.2 Å². The molecule has 40 heavy (non-hydrogen) atoms. The van der Waals surface area contributed by atoms with E-state index >= 15 is 0 Å². The summed E-state index contributed by atoms with van der Waals surface area (Å²) in [4.78, 5) is 32.7. The minimum atomic E-state index is -0.236. The quantitative estimate of drug-likeness (QED) is 0.339. The van der Waals surface area contributed by atoms with E-state index in [4.69, 9.17) is 16.0 Å². The molecule has 0 atom stereocenters.